The maximum Gasteiger partial charge on any atom is 0.274 e. The first kappa shape index (κ1) is 22.9. The summed E-state index contributed by atoms with van der Waals surface area (Å²) in [5.41, 5.74) is 6.41. The zero-order valence-corrected chi connectivity index (χ0v) is 16.3. The predicted molar refractivity (Wildman–Crippen MR) is 102 cm³/mol. The van der Waals surface area contributed by atoms with Crippen molar-refractivity contribution in [3.63, 3.8) is 0 Å². The van der Waals surface area contributed by atoms with Gasteiger partial charge in [0, 0.05) is 32.7 Å². The summed E-state index contributed by atoms with van der Waals surface area (Å²) < 4.78 is 0. The lowest BCUT2D eigenvalue weighted by Gasteiger charge is -2.21. The molecule has 2 rings (SSSR count). The van der Waals surface area contributed by atoms with Crippen LogP contribution in [0.2, 0.25) is 0 Å². The van der Waals surface area contributed by atoms with Crippen LogP contribution in [0.1, 0.15) is 43.6 Å². The van der Waals surface area contributed by atoms with E-state index in [-0.39, 0.29) is 36.8 Å². The lowest BCUT2D eigenvalue weighted by molar-refractivity contribution is 0.0782. The van der Waals surface area contributed by atoms with Gasteiger partial charge >= 0.3 is 0 Å². The van der Waals surface area contributed by atoms with Gasteiger partial charge in [0.05, 0.1) is 0 Å². The van der Waals surface area contributed by atoms with E-state index in [0.29, 0.717) is 18.2 Å². The predicted octanol–water partition coefficient (Wildman–Crippen LogP) is 2.37. The van der Waals surface area contributed by atoms with E-state index in [1.165, 1.54) is 12.8 Å². The summed E-state index contributed by atoms with van der Waals surface area (Å²) in [4.78, 5) is 16.2. The molecule has 2 N–H and O–H groups in total. The van der Waals surface area contributed by atoms with Crippen LogP contribution >= 0.6 is 24.8 Å². The largest absolute Gasteiger partial charge is 0.355 e. The average Bonchev–Trinajstić information content (AvgIpc) is 3.06. The van der Waals surface area contributed by atoms with Crippen molar-refractivity contribution < 1.29 is 4.79 Å². The van der Waals surface area contributed by atoms with Crippen LogP contribution in [0.25, 0.3) is 0 Å². The summed E-state index contributed by atoms with van der Waals surface area (Å²) >= 11 is 0. The molecule has 1 fully saturated rings. The lowest BCUT2D eigenvalue weighted by Crippen LogP contribution is -2.35. The van der Waals surface area contributed by atoms with Gasteiger partial charge in [0.1, 0.15) is 0 Å². The Labute approximate surface area is 157 Å². The first-order valence-electron chi connectivity index (χ1n) is 8.08. The second-order valence-electron chi connectivity index (χ2n) is 6.39. The lowest BCUT2D eigenvalue weighted by atomic mass is 10.0. The smallest absolute Gasteiger partial charge is 0.274 e. The highest BCUT2D eigenvalue weighted by Crippen LogP contribution is 2.16. The van der Waals surface area contributed by atoms with Crippen molar-refractivity contribution in [3.8, 4) is 0 Å². The van der Waals surface area contributed by atoms with E-state index in [2.05, 4.69) is 28.9 Å². The van der Waals surface area contributed by atoms with Crippen molar-refractivity contribution in [2.24, 2.45) is 11.7 Å². The van der Waals surface area contributed by atoms with Gasteiger partial charge in [0.15, 0.2) is 11.5 Å². The molecule has 6 nitrogen and oxygen atoms in total. The minimum atomic E-state index is -0.101. The highest BCUT2D eigenvalue weighted by molar-refractivity contribution is 5.92. The Morgan fingerprint density at radius 2 is 1.88 bits per heavy atom. The van der Waals surface area contributed by atoms with Gasteiger partial charge in [0.2, 0.25) is 0 Å². The number of rotatable bonds is 6. The van der Waals surface area contributed by atoms with Crippen LogP contribution in [0, 0.1) is 5.92 Å². The molecule has 1 aromatic heterocycles. The fraction of sp³-hybridized carbons (Fsp3) is 0.688. The SMILES string of the molecule is CC(C)C(N)CCN(C)C(=O)c1ccc(N2CCCC2)nn1.Cl.Cl. The van der Waals surface area contributed by atoms with E-state index >= 15 is 0 Å². The topological polar surface area (TPSA) is 75.3 Å². The van der Waals surface area contributed by atoms with Gasteiger partial charge in [-0.25, -0.2) is 0 Å². The summed E-state index contributed by atoms with van der Waals surface area (Å²) in [6.45, 7) is 6.86. The third kappa shape index (κ3) is 6.07. The van der Waals surface area contributed by atoms with E-state index in [1.54, 1.807) is 18.0 Å². The molecule has 1 unspecified atom stereocenters. The molecule has 1 aliphatic rings. The summed E-state index contributed by atoms with van der Waals surface area (Å²) in [7, 11) is 1.78. The third-order valence-electron chi connectivity index (χ3n) is 4.30. The van der Waals surface area contributed by atoms with E-state index in [4.69, 9.17) is 5.73 Å². The molecule has 1 saturated heterocycles. The molecule has 1 aliphatic heterocycles. The van der Waals surface area contributed by atoms with Crippen LogP contribution in [0.4, 0.5) is 5.82 Å². The molecule has 0 bridgehead atoms. The molecule has 1 atom stereocenters. The number of nitrogens with zero attached hydrogens (tertiary/aromatic N) is 4. The quantitative estimate of drug-likeness (QED) is 0.823. The molecular weight excluding hydrogens is 349 g/mol. The molecule has 0 radical (unpaired) electrons. The number of hydrogen-bond acceptors (Lipinski definition) is 5. The van der Waals surface area contributed by atoms with Crippen molar-refractivity contribution in [2.75, 3.05) is 31.6 Å². The normalized spacial score (nSPS) is 14.8. The van der Waals surface area contributed by atoms with E-state index in [0.717, 1.165) is 25.3 Å². The Bertz CT molecular complexity index is 492. The molecular formula is C16H29Cl2N5O. The number of amides is 1. The Kier molecular flexibility index (Phi) is 10.2. The Morgan fingerprint density at radius 1 is 1.25 bits per heavy atom. The van der Waals surface area contributed by atoms with Crippen LogP contribution in [0.5, 0.6) is 0 Å². The van der Waals surface area contributed by atoms with E-state index in [1.807, 2.05) is 6.07 Å². The highest BCUT2D eigenvalue weighted by atomic mass is 35.5. The number of nitrogens with two attached hydrogens (primary N) is 1. The maximum atomic E-state index is 12.3. The molecule has 1 amide bonds. The van der Waals surface area contributed by atoms with Crippen LogP contribution in [-0.4, -0.2) is 53.7 Å². The zero-order valence-electron chi connectivity index (χ0n) is 14.6. The molecule has 24 heavy (non-hydrogen) atoms. The minimum Gasteiger partial charge on any atom is -0.355 e. The Balaban J connectivity index is 0.00000264. The van der Waals surface area contributed by atoms with Crippen molar-refractivity contribution in [3.05, 3.63) is 17.8 Å². The molecule has 0 aliphatic carbocycles. The van der Waals surface area contributed by atoms with Gasteiger partial charge in [-0.05, 0) is 37.3 Å². The summed E-state index contributed by atoms with van der Waals surface area (Å²) in [5, 5.41) is 8.28. The first-order valence-corrected chi connectivity index (χ1v) is 8.08. The fourth-order valence-corrected chi connectivity index (χ4v) is 2.53. The van der Waals surface area contributed by atoms with Gasteiger partial charge < -0.3 is 15.5 Å². The van der Waals surface area contributed by atoms with E-state index < -0.39 is 0 Å². The molecule has 1 aromatic rings. The summed E-state index contributed by atoms with van der Waals surface area (Å²) in [5.74, 6) is 1.18. The zero-order chi connectivity index (χ0) is 16.1. The van der Waals surface area contributed by atoms with Crippen molar-refractivity contribution in [1.29, 1.82) is 0 Å². The van der Waals surface area contributed by atoms with Gasteiger partial charge in [-0.3, -0.25) is 4.79 Å². The van der Waals surface area contributed by atoms with Crippen LogP contribution < -0.4 is 10.6 Å². The van der Waals surface area contributed by atoms with Crippen molar-refractivity contribution in [2.45, 2.75) is 39.2 Å². The molecule has 0 spiro atoms. The number of aromatic nitrogens is 2. The third-order valence-corrected chi connectivity index (χ3v) is 4.30. The monoisotopic (exact) mass is 377 g/mol. The first-order chi connectivity index (χ1) is 10.5. The Morgan fingerprint density at radius 3 is 2.38 bits per heavy atom. The highest BCUT2D eigenvalue weighted by Gasteiger charge is 2.18. The minimum absolute atomic E-state index is 0. The summed E-state index contributed by atoms with van der Waals surface area (Å²) in [6.07, 6.45) is 3.18. The number of hydrogen-bond donors (Lipinski definition) is 1. The van der Waals surface area contributed by atoms with Crippen molar-refractivity contribution >= 4 is 36.5 Å². The van der Waals surface area contributed by atoms with Gasteiger partial charge in [0.25, 0.3) is 5.91 Å². The molecule has 0 aromatic carbocycles. The van der Waals surface area contributed by atoms with Crippen LogP contribution in [0.3, 0.4) is 0 Å². The van der Waals surface area contributed by atoms with Gasteiger partial charge in [-0.1, -0.05) is 13.8 Å². The number of carbonyl (C=O) groups is 1. The van der Waals surface area contributed by atoms with Crippen LogP contribution in [-0.2, 0) is 0 Å². The second kappa shape index (κ2) is 10.7. The number of carbonyl (C=O) groups excluding carboxylic acids is 1. The molecule has 8 heteroatoms. The molecule has 138 valence electrons. The number of halogens is 2. The van der Waals surface area contributed by atoms with Gasteiger partial charge in [-0.15, -0.1) is 35.0 Å². The standard InChI is InChI=1S/C16H27N5O.2ClH/c1-12(2)13(17)8-11-20(3)16(22)14-6-7-15(19-18-14)21-9-4-5-10-21;;/h6-7,12-13H,4-5,8-11,17H2,1-3H3;2*1H. The van der Waals surface area contributed by atoms with Crippen LogP contribution in [0.15, 0.2) is 12.1 Å². The maximum absolute atomic E-state index is 12.3. The van der Waals surface area contributed by atoms with Crippen molar-refractivity contribution in [1.82, 2.24) is 15.1 Å². The molecule has 2 heterocycles. The Hall–Kier alpha value is -1.11. The van der Waals surface area contributed by atoms with Gasteiger partial charge in [-0.2, -0.15) is 0 Å². The van der Waals surface area contributed by atoms with E-state index in [9.17, 15) is 4.79 Å². The molecule has 0 saturated carbocycles. The summed E-state index contributed by atoms with van der Waals surface area (Å²) in [6, 6.07) is 3.76. The second-order valence-corrected chi connectivity index (χ2v) is 6.39. The average molecular weight is 378 g/mol. The number of anilines is 1. The fourth-order valence-electron chi connectivity index (χ4n) is 2.53.